The van der Waals surface area contributed by atoms with E-state index >= 15 is 0 Å². The Labute approximate surface area is 221 Å². The normalized spacial score (nSPS) is 33.9. The van der Waals surface area contributed by atoms with E-state index in [-0.39, 0.29) is 37.5 Å². The number of hydrogen-bond acceptors (Lipinski definition) is 6. The second-order valence-electron chi connectivity index (χ2n) is 10.3. The molecule has 1 aromatic carbocycles. The molecule has 1 aromatic rings. The molecular formula is C28H33ClN2O6. The van der Waals surface area contributed by atoms with Crippen molar-refractivity contribution in [2.45, 2.75) is 56.9 Å². The number of likely N-dealkylation sites (tertiary alicyclic amines) is 1. The number of allylic oxidation sites excluding steroid dienone is 1. The average molecular weight is 529 g/mol. The molecule has 2 amide bonds. The van der Waals surface area contributed by atoms with Crippen LogP contribution >= 0.6 is 11.6 Å². The lowest BCUT2D eigenvalue weighted by Crippen LogP contribution is -2.59. The fourth-order valence-electron chi connectivity index (χ4n) is 6.22. The van der Waals surface area contributed by atoms with Crippen molar-refractivity contribution in [2.75, 3.05) is 24.7 Å². The van der Waals surface area contributed by atoms with Crippen molar-refractivity contribution < 1.29 is 29.0 Å². The summed E-state index contributed by atoms with van der Waals surface area (Å²) < 4.78 is 12.2. The maximum absolute atomic E-state index is 14.4. The van der Waals surface area contributed by atoms with E-state index in [1.807, 2.05) is 32.1 Å². The number of aliphatic hydroxyl groups is 1. The summed E-state index contributed by atoms with van der Waals surface area (Å²) in [6, 6.07) is 5.27. The van der Waals surface area contributed by atoms with Crippen molar-refractivity contribution in [3.8, 4) is 0 Å². The third-order valence-corrected chi connectivity index (χ3v) is 8.52. The Morgan fingerprint density at radius 1 is 1.16 bits per heavy atom. The second kappa shape index (κ2) is 10.2. The number of anilines is 1. The number of nitrogens with zero attached hydrogens (tertiary/aromatic N) is 2. The van der Waals surface area contributed by atoms with E-state index < -0.39 is 41.6 Å². The third-order valence-electron chi connectivity index (χ3n) is 8.27. The molecule has 0 saturated carbocycles. The van der Waals surface area contributed by atoms with E-state index in [4.69, 9.17) is 21.1 Å². The van der Waals surface area contributed by atoms with Crippen LogP contribution in [0, 0.1) is 17.8 Å². The van der Waals surface area contributed by atoms with Crippen molar-refractivity contribution in [3.63, 3.8) is 0 Å². The van der Waals surface area contributed by atoms with Crippen LogP contribution in [0.5, 0.6) is 0 Å². The van der Waals surface area contributed by atoms with Crippen LogP contribution in [0.2, 0.25) is 5.02 Å². The first-order valence-electron chi connectivity index (χ1n) is 13.0. The topological polar surface area (TPSA) is 96.4 Å². The largest absolute Gasteiger partial charge is 0.465 e. The predicted molar refractivity (Wildman–Crippen MR) is 138 cm³/mol. The lowest BCUT2D eigenvalue weighted by atomic mass is 9.78. The van der Waals surface area contributed by atoms with E-state index in [2.05, 4.69) is 0 Å². The van der Waals surface area contributed by atoms with Crippen LogP contribution in [-0.4, -0.2) is 71.3 Å². The second-order valence-corrected chi connectivity index (χ2v) is 10.7. The summed E-state index contributed by atoms with van der Waals surface area (Å²) in [6.45, 7) is 4.14. The summed E-state index contributed by atoms with van der Waals surface area (Å²) >= 11 is 6.09. The summed E-state index contributed by atoms with van der Waals surface area (Å²) in [5.74, 6) is -3.09. The number of hydrogen-bond donors (Lipinski definition) is 1. The monoisotopic (exact) mass is 528 g/mol. The van der Waals surface area contributed by atoms with E-state index in [0.717, 1.165) is 6.42 Å². The summed E-state index contributed by atoms with van der Waals surface area (Å²) in [4.78, 5) is 45.1. The molecule has 9 heteroatoms. The summed E-state index contributed by atoms with van der Waals surface area (Å²) in [7, 11) is 0. The zero-order valence-corrected chi connectivity index (χ0v) is 21.8. The van der Waals surface area contributed by atoms with Crippen LogP contribution in [0.3, 0.4) is 0 Å². The Kier molecular flexibility index (Phi) is 7.18. The smallest absolute Gasteiger partial charge is 0.312 e. The van der Waals surface area contributed by atoms with Gasteiger partial charge in [0.25, 0.3) is 5.91 Å². The summed E-state index contributed by atoms with van der Waals surface area (Å²) in [5, 5.41) is 11.0. The molecule has 5 rings (SSSR count). The molecule has 4 heterocycles. The van der Waals surface area contributed by atoms with Crippen molar-refractivity contribution >= 4 is 35.1 Å². The maximum atomic E-state index is 14.4. The number of fused-ring (bicyclic) bond motifs is 2. The van der Waals surface area contributed by atoms with Gasteiger partial charge in [-0.1, -0.05) is 56.2 Å². The van der Waals surface area contributed by atoms with Crippen molar-refractivity contribution in [1.29, 1.82) is 0 Å². The van der Waals surface area contributed by atoms with Gasteiger partial charge in [0.15, 0.2) is 0 Å². The molecule has 7 atom stereocenters. The van der Waals surface area contributed by atoms with Gasteiger partial charge >= 0.3 is 5.97 Å². The van der Waals surface area contributed by atoms with Crippen molar-refractivity contribution in [3.05, 3.63) is 53.6 Å². The van der Waals surface area contributed by atoms with Gasteiger partial charge in [-0.25, -0.2) is 0 Å². The fraction of sp³-hybridized carbons (Fsp3) is 0.536. The quantitative estimate of drug-likeness (QED) is 0.466. The Morgan fingerprint density at radius 2 is 1.92 bits per heavy atom. The highest BCUT2D eigenvalue weighted by atomic mass is 35.5. The number of benzene rings is 1. The number of ether oxygens (including phenoxy) is 2. The minimum absolute atomic E-state index is 0.0861. The number of cyclic esters (lactones) is 1. The maximum Gasteiger partial charge on any atom is 0.312 e. The highest BCUT2D eigenvalue weighted by molar-refractivity contribution is 6.30. The molecule has 0 radical (unpaired) electrons. The molecule has 0 bridgehead atoms. The Balaban J connectivity index is 1.65. The molecule has 2 fully saturated rings. The number of aliphatic hydroxyl groups excluding tert-OH is 1. The van der Waals surface area contributed by atoms with E-state index in [1.54, 1.807) is 35.2 Å². The third kappa shape index (κ3) is 4.19. The lowest BCUT2D eigenvalue weighted by molar-refractivity contribution is -0.155. The molecule has 2 saturated heterocycles. The zero-order chi connectivity index (χ0) is 26.3. The number of rotatable bonds is 5. The summed E-state index contributed by atoms with van der Waals surface area (Å²) in [6.07, 6.45) is 8.81. The van der Waals surface area contributed by atoms with Gasteiger partial charge in [0, 0.05) is 17.3 Å². The van der Waals surface area contributed by atoms with Crippen LogP contribution in [0.4, 0.5) is 5.69 Å². The van der Waals surface area contributed by atoms with Gasteiger partial charge in [-0.3, -0.25) is 14.4 Å². The summed E-state index contributed by atoms with van der Waals surface area (Å²) in [5.41, 5.74) is -0.732. The van der Waals surface area contributed by atoms with Crippen LogP contribution in [-0.2, 0) is 23.9 Å². The number of carbonyl (C=O) groups is 3. The molecule has 4 aliphatic heterocycles. The molecule has 4 aliphatic rings. The number of halogens is 1. The molecule has 37 heavy (non-hydrogen) atoms. The standard InChI is InChI=1S/C28H33ClN2O6/c1-3-17(2)20(16-32)31-24-26(34)30(19-11-9-18(29)10-12-19)14-7-13-28(24)23(25(31)33)22-21(37-28)8-5-4-6-15-36-27(22)35/h5,7-13,17,20-24,32H,3-4,6,14-16H2,1-2H3/b8-5-/t17-,20-,21-,22+,23-,24?,28-/m0/s1. The van der Waals surface area contributed by atoms with Gasteiger partial charge in [0.2, 0.25) is 5.91 Å². The highest BCUT2D eigenvalue weighted by Crippen LogP contribution is 2.54. The molecule has 1 unspecified atom stereocenters. The van der Waals surface area contributed by atoms with Crippen LogP contribution in [0.25, 0.3) is 0 Å². The predicted octanol–water partition coefficient (Wildman–Crippen LogP) is 3.12. The van der Waals surface area contributed by atoms with E-state index in [1.165, 1.54) is 4.90 Å². The van der Waals surface area contributed by atoms with Gasteiger partial charge in [-0.15, -0.1) is 0 Å². The Hall–Kier alpha value is -2.68. The number of esters is 1. The average Bonchev–Trinajstić information content (AvgIpc) is 3.30. The van der Waals surface area contributed by atoms with Crippen LogP contribution in [0.1, 0.15) is 33.1 Å². The van der Waals surface area contributed by atoms with E-state index in [0.29, 0.717) is 23.6 Å². The molecule has 0 aliphatic carbocycles. The lowest BCUT2D eigenvalue weighted by Gasteiger charge is -2.40. The Bertz CT molecular complexity index is 1120. The SMILES string of the molecule is CC[C@H](C)[C@H](CO)N1C(=O)[C@@H]2[C@@H]3C(=O)OCCC/C=C\[C@@H]3O[C@@]23C=CCN(c2ccc(Cl)cc2)C(=O)C13. The highest BCUT2D eigenvalue weighted by Gasteiger charge is 2.72. The molecule has 1 N–H and O–H groups in total. The first-order chi connectivity index (χ1) is 17.8. The molecular weight excluding hydrogens is 496 g/mol. The molecule has 1 spiro atoms. The zero-order valence-electron chi connectivity index (χ0n) is 21.1. The molecule has 198 valence electrons. The van der Waals surface area contributed by atoms with Crippen LogP contribution in [0.15, 0.2) is 48.6 Å². The number of amides is 2. The molecule has 8 nitrogen and oxygen atoms in total. The minimum Gasteiger partial charge on any atom is -0.465 e. The van der Waals surface area contributed by atoms with Crippen LogP contribution < -0.4 is 4.90 Å². The first kappa shape index (κ1) is 25.9. The minimum atomic E-state index is -1.37. The number of carbonyl (C=O) groups excluding carboxylic acids is 3. The van der Waals surface area contributed by atoms with Gasteiger partial charge in [0.1, 0.15) is 17.6 Å². The van der Waals surface area contributed by atoms with Gasteiger partial charge in [-0.2, -0.15) is 0 Å². The Morgan fingerprint density at radius 3 is 2.62 bits per heavy atom. The molecule has 0 aromatic heterocycles. The van der Waals surface area contributed by atoms with Gasteiger partial charge in [-0.05, 0) is 43.0 Å². The van der Waals surface area contributed by atoms with Crippen molar-refractivity contribution in [2.24, 2.45) is 17.8 Å². The van der Waals surface area contributed by atoms with Gasteiger partial charge < -0.3 is 24.4 Å². The van der Waals surface area contributed by atoms with Crippen molar-refractivity contribution in [1.82, 2.24) is 4.90 Å². The van der Waals surface area contributed by atoms with Gasteiger partial charge in [0.05, 0.1) is 31.3 Å². The van der Waals surface area contributed by atoms with E-state index in [9.17, 15) is 19.5 Å². The first-order valence-corrected chi connectivity index (χ1v) is 13.4. The fourth-order valence-corrected chi connectivity index (χ4v) is 6.34.